The van der Waals surface area contributed by atoms with E-state index >= 15 is 0 Å². The molecule has 0 aliphatic heterocycles. The number of carboxylic acids is 1. The van der Waals surface area contributed by atoms with Crippen LogP contribution in [0.4, 0.5) is 0 Å². The van der Waals surface area contributed by atoms with Crippen LogP contribution in [0.2, 0.25) is 0 Å². The van der Waals surface area contributed by atoms with E-state index in [1.54, 1.807) is 0 Å². The molecular weight excluding hydrogens is 303 g/mol. The summed E-state index contributed by atoms with van der Waals surface area (Å²) in [6, 6.07) is 20.1. The summed E-state index contributed by atoms with van der Waals surface area (Å²) in [6.07, 6.45) is 1.42. The molecule has 0 fully saturated rings. The van der Waals surface area contributed by atoms with Crippen molar-refractivity contribution in [2.24, 2.45) is 0 Å². The summed E-state index contributed by atoms with van der Waals surface area (Å²) in [5, 5.41) is 11.1. The third kappa shape index (κ3) is 3.45. The number of benzene rings is 2. The number of halogens is 1. The van der Waals surface area contributed by atoms with Gasteiger partial charge in [-0.3, -0.25) is 0 Å². The molecule has 112 valence electrons. The molecule has 2 aromatic carbocycles. The van der Waals surface area contributed by atoms with Gasteiger partial charge in [0.2, 0.25) is 0 Å². The Bertz CT molecular complexity index is 568. The van der Waals surface area contributed by atoms with Gasteiger partial charge in [0.25, 0.3) is 0 Å². The number of aliphatic carboxylic acids is 1. The summed E-state index contributed by atoms with van der Waals surface area (Å²) >= 11 is 7.27. The second kappa shape index (κ2) is 6.17. The second-order valence-corrected chi connectivity index (χ2v) is 13.1. The van der Waals surface area contributed by atoms with E-state index in [-0.39, 0.29) is 6.42 Å². The van der Waals surface area contributed by atoms with E-state index in [0.717, 1.165) is 10.6 Å². The van der Waals surface area contributed by atoms with Crippen molar-refractivity contribution in [3.63, 3.8) is 0 Å². The Morgan fingerprint density at radius 1 is 1.00 bits per heavy atom. The van der Waals surface area contributed by atoms with Gasteiger partial charge in [-0.2, -0.15) is 0 Å². The third-order valence-corrected chi connectivity index (χ3v) is 10.3. The van der Waals surface area contributed by atoms with Crippen LogP contribution in [0.5, 0.6) is 0 Å². The normalized spacial score (nSPS) is 13.3. The van der Waals surface area contributed by atoms with E-state index in [1.807, 2.05) is 36.4 Å². The van der Waals surface area contributed by atoms with E-state index in [4.69, 9.17) is 16.3 Å². The number of carboxylic acid groups (broad SMARTS) is 1. The monoisotopic (exact) mass is 322 g/mol. The van der Waals surface area contributed by atoms with Crippen molar-refractivity contribution < 1.29 is 9.90 Å². The molecule has 2 rings (SSSR count). The van der Waals surface area contributed by atoms with E-state index < -0.39 is 11.9 Å². The van der Waals surface area contributed by atoms with E-state index in [9.17, 15) is 4.79 Å². The van der Waals surface area contributed by atoms with Crippen molar-refractivity contribution in [1.29, 1.82) is 0 Å². The van der Waals surface area contributed by atoms with Crippen LogP contribution in [0.1, 0.15) is 12.8 Å². The van der Waals surface area contributed by atoms with Gasteiger partial charge in [0, 0.05) is 0 Å². The van der Waals surface area contributed by atoms with Crippen molar-refractivity contribution in [2.75, 3.05) is 12.8 Å². The van der Waals surface area contributed by atoms with Crippen LogP contribution in [0, 0.1) is 0 Å². The van der Waals surface area contributed by atoms with Crippen molar-refractivity contribution in [1.82, 2.24) is 0 Å². The molecule has 21 heavy (non-hydrogen) atoms. The van der Waals surface area contributed by atoms with Crippen molar-refractivity contribution >= 4 is 33.8 Å². The molecule has 0 atom stereocenters. The Labute approximate surface area is 130 Å². The molecule has 2 nitrogen and oxygen atoms in total. The first-order valence-corrected chi connectivity index (χ1v) is 10.8. The Kier molecular flexibility index (Phi) is 4.70. The number of rotatable bonds is 6. The summed E-state index contributed by atoms with van der Waals surface area (Å²) in [7, 11) is 0. The predicted molar refractivity (Wildman–Crippen MR) is 92.6 cm³/mol. The molecule has 2 aromatic rings. The fourth-order valence-corrected chi connectivity index (χ4v) is 7.29. The summed E-state index contributed by atoms with van der Waals surface area (Å²) < 4.78 is 0. The summed E-state index contributed by atoms with van der Waals surface area (Å²) in [4.78, 5) is 10.8. The van der Waals surface area contributed by atoms with Crippen LogP contribution in [-0.4, -0.2) is 23.9 Å². The number of hydrogen-bond acceptors (Lipinski definition) is 1. The van der Waals surface area contributed by atoms with Gasteiger partial charge in [0.05, 0.1) is 0 Å². The van der Waals surface area contributed by atoms with E-state index in [2.05, 4.69) is 30.9 Å². The van der Waals surface area contributed by atoms with Crippen LogP contribution in [0.25, 0.3) is 0 Å². The SMILES string of the molecule is CP(Cl)(CCCC(=O)O)(c1ccccc1)c1ccccc1. The van der Waals surface area contributed by atoms with Crippen molar-refractivity contribution in [3.05, 3.63) is 60.7 Å². The van der Waals surface area contributed by atoms with Crippen molar-refractivity contribution in [3.8, 4) is 0 Å². The second-order valence-electron chi connectivity index (χ2n) is 5.54. The van der Waals surface area contributed by atoms with Gasteiger partial charge in [-0.05, 0) is 0 Å². The molecule has 0 spiro atoms. The maximum absolute atomic E-state index is 10.8. The Hall–Kier alpha value is -1.37. The molecule has 0 saturated heterocycles. The third-order valence-electron chi connectivity index (χ3n) is 3.93. The van der Waals surface area contributed by atoms with Gasteiger partial charge in [-0.25, -0.2) is 0 Å². The first-order valence-electron chi connectivity index (χ1n) is 6.98. The van der Waals surface area contributed by atoms with Crippen LogP contribution >= 0.6 is 17.2 Å². The fraction of sp³-hybridized carbons (Fsp3) is 0.235. The summed E-state index contributed by atoms with van der Waals surface area (Å²) in [5.74, 6) is -3.62. The van der Waals surface area contributed by atoms with Gasteiger partial charge in [-0.15, -0.1) is 0 Å². The first-order chi connectivity index (χ1) is 9.92. The maximum atomic E-state index is 10.8. The Balaban J connectivity index is 2.46. The quantitative estimate of drug-likeness (QED) is 0.820. The molecule has 4 heteroatoms. The first kappa shape index (κ1) is 16.0. The molecule has 0 aromatic heterocycles. The van der Waals surface area contributed by atoms with Crippen LogP contribution in [-0.2, 0) is 4.79 Å². The van der Waals surface area contributed by atoms with Gasteiger partial charge in [0.1, 0.15) is 0 Å². The zero-order valence-corrected chi connectivity index (χ0v) is 13.7. The van der Waals surface area contributed by atoms with Crippen LogP contribution in [0.15, 0.2) is 60.7 Å². The molecule has 0 amide bonds. The van der Waals surface area contributed by atoms with E-state index in [0.29, 0.717) is 12.6 Å². The minimum absolute atomic E-state index is 0.151. The molecule has 0 heterocycles. The Morgan fingerprint density at radius 3 is 1.81 bits per heavy atom. The zero-order chi connectivity index (χ0) is 15.4. The molecule has 1 N–H and O–H groups in total. The molecule has 0 bridgehead atoms. The fourth-order valence-electron chi connectivity index (χ4n) is 2.64. The minimum atomic E-state index is -2.85. The molecule has 0 radical (unpaired) electrons. The molecular formula is C17H20ClO2P. The Morgan fingerprint density at radius 2 is 1.43 bits per heavy atom. The van der Waals surface area contributed by atoms with Crippen LogP contribution in [0.3, 0.4) is 0 Å². The van der Waals surface area contributed by atoms with Gasteiger partial charge in [0.15, 0.2) is 0 Å². The summed E-state index contributed by atoms with van der Waals surface area (Å²) in [5.41, 5.74) is 0. The predicted octanol–water partition coefficient (Wildman–Crippen LogP) is 3.84. The van der Waals surface area contributed by atoms with Crippen LogP contribution < -0.4 is 10.6 Å². The number of carbonyl (C=O) groups is 1. The molecule has 0 unspecified atom stereocenters. The van der Waals surface area contributed by atoms with Crippen molar-refractivity contribution in [2.45, 2.75) is 12.8 Å². The average molecular weight is 323 g/mol. The molecule has 0 aliphatic carbocycles. The van der Waals surface area contributed by atoms with Gasteiger partial charge >= 0.3 is 130 Å². The topological polar surface area (TPSA) is 37.3 Å². The standard InChI is InChI=1S/C17H20ClO2P/c1-21(18,14-8-13-17(19)20,15-9-4-2-5-10-15)16-11-6-3-7-12-16/h2-7,9-12H,8,13-14H2,1H3,(H,19,20). The molecule has 0 aliphatic rings. The summed E-state index contributed by atoms with van der Waals surface area (Å²) in [6.45, 7) is 2.11. The molecule has 0 saturated carbocycles. The zero-order valence-electron chi connectivity index (χ0n) is 12.1. The van der Waals surface area contributed by atoms with Gasteiger partial charge in [-0.1, -0.05) is 0 Å². The average Bonchev–Trinajstić information content (AvgIpc) is 2.49. The van der Waals surface area contributed by atoms with E-state index in [1.165, 1.54) is 0 Å². The number of hydrogen-bond donors (Lipinski definition) is 1. The van der Waals surface area contributed by atoms with Gasteiger partial charge < -0.3 is 0 Å².